The van der Waals surface area contributed by atoms with Crippen LogP contribution in [0.25, 0.3) is 10.9 Å². The molecule has 1 N–H and O–H groups in total. The molecule has 1 aliphatic heterocycles. The van der Waals surface area contributed by atoms with Crippen LogP contribution < -0.4 is 0 Å². The minimum atomic E-state index is -4.46. The van der Waals surface area contributed by atoms with Crippen molar-refractivity contribution in [2.24, 2.45) is 10.9 Å². The lowest BCUT2D eigenvalue weighted by Crippen LogP contribution is -2.40. The van der Waals surface area contributed by atoms with Crippen molar-refractivity contribution in [3.05, 3.63) is 94.4 Å². The second-order valence-corrected chi connectivity index (χ2v) is 11.1. The Bertz CT molecular complexity index is 1640. The van der Waals surface area contributed by atoms with Crippen molar-refractivity contribution < 1.29 is 23.1 Å². The highest BCUT2D eigenvalue weighted by molar-refractivity contribution is 6.16. The van der Waals surface area contributed by atoms with Gasteiger partial charge in [-0.1, -0.05) is 24.6 Å². The minimum Gasteiger partial charge on any atom is -0.388 e. The van der Waals surface area contributed by atoms with E-state index in [1.54, 1.807) is 6.20 Å². The fraction of sp³-hybridized carbons (Fsp3) is 0.355. The molecule has 6 nitrogen and oxygen atoms in total. The van der Waals surface area contributed by atoms with Crippen molar-refractivity contribution in [3.8, 4) is 0 Å². The zero-order valence-corrected chi connectivity index (χ0v) is 22.1. The van der Waals surface area contributed by atoms with Crippen molar-refractivity contribution in [2.75, 3.05) is 0 Å². The molecule has 2 aliphatic rings. The van der Waals surface area contributed by atoms with Crippen molar-refractivity contribution in [3.63, 3.8) is 0 Å². The molecule has 0 unspecified atom stereocenters. The van der Waals surface area contributed by atoms with Gasteiger partial charge in [-0.15, -0.1) is 0 Å². The fourth-order valence-electron chi connectivity index (χ4n) is 6.11. The molecule has 2 aromatic carbocycles. The van der Waals surface area contributed by atoms with Gasteiger partial charge in [-0.25, -0.2) is 0 Å². The molecular weight excluding hydrogens is 517 g/mol. The van der Waals surface area contributed by atoms with Crippen LogP contribution in [-0.2, 0) is 19.3 Å². The average Bonchev–Trinajstić information content (AvgIpc) is 3.51. The van der Waals surface area contributed by atoms with Crippen LogP contribution in [-0.4, -0.2) is 37.0 Å². The van der Waals surface area contributed by atoms with Crippen LogP contribution in [0.5, 0.6) is 0 Å². The lowest BCUT2D eigenvalue weighted by molar-refractivity contribution is -0.137. The first-order valence-corrected chi connectivity index (χ1v) is 13.5. The maximum Gasteiger partial charge on any atom is 0.416 e. The number of Topliss-reactive ketones (excluding diaryl/α,β-unsaturated/α-hetero) is 1. The Morgan fingerprint density at radius 3 is 2.80 bits per heavy atom. The zero-order chi connectivity index (χ0) is 28.1. The number of ketones is 1. The number of fused-ring (bicyclic) bond motifs is 2. The molecule has 0 radical (unpaired) electrons. The van der Waals surface area contributed by atoms with E-state index in [2.05, 4.69) is 10.1 Å². The molecule has 0 amide bonds. The van der Waals surface area contributed by atoms with E-state index in [-0.39, 0.29) is 18.2 Å². The molecule has 9 heteroatoms. The number of hydrogen-bond donors (Lipinski definition) is 1. The highest BCUT2D eigenvalue weighted by Crippen LogP contribution is 2.38. The van der Waals surface area contributed by atoms with Crippen molar-refractivity contribution in [1.82, 2.24) is 14.8 Å². The average molecular weight is 547 g/mol. The van der Waals surface area contributed by atoms with Crippen LogP contribution in [0, 0.1) is 12.8 Å². The molecule has 206 valence electrons. The first-order chi connectivity index (χ1) is 19.1. The second kappa shape index (κ2) is 9.96. The monoisotopic (exact) mass is 546 g/mol. The lowest BCUT2D eigenvalue weighted by atomic mass is 9.75. The number of aliphatic imine (C=N–C) groups is 1. The number of carbonyl (C=O) groups excluding carboxylic acids is 1. The summed E-state index contributed by atoms with van der Waals surface area (Å²) in [6.07, 6.45) is 1.52. The van der Waals surface area contributed by atoms with E-state index in [1.165, 1.54) is 16.9 Å². The Balaban J connectivity index is 1.17. The number of nitrogens with zero attached hydrogens (tertiary/aromatic N) is 4. The summed E-state index contributed by atoms with van der Waals surface area (Å²) in [5, 5.41) is 16.3. The molecule has 40 heavy (non-hydrogen) atoms. The van der Waals surface area contributed by atoms with Gasteiger partial charge >= 0.3 is 6.18 Å². The van der Waals surface area contributed by atoms with Crippen molar-refractivity contribution in [1.29, 1.82) is 0 Å². The molecule has 4 aromatic rings. The Morgan fingerprint density at radius 2 is 2.00 bits per heavy atom. The molecule has 0 bridgehead atoms. The summed E-state index contributed by atoms with van der Waals surface area (Å²) in [7, 11) is 0. The van der Waals surface area contributed by atoms with E-state index >= 15 is 0 Å². The largest absolute Gasteiger partial charge is 0.416 e. The van der Waals surface area contributed by atoms with Crippen LogP contribution in [0.4, 0.5) is 13.2 Å². The van der Waals surface area contributed by atoms with Gasteiger partial charge in [0, 0.05) is 40.4 Å². The van der Waals surface area contributed by atoms with Crippen LogP contribution in [0.2, 0.25) is 0 Å². The van der Waals surface area contributed by atoms with Gasteiger partial charge in [0.25, 0.3) is 0 Å². The van der Waals surface area contributed by atoms with Crippen LogP contribution >= 0.6 is 0 Å². The molecule has 0 saturated heterocycles. The smallest absolute Gasteiger partial charge is 0.388 e. The highest BCUT2D eigenvalue weighted by Gasteiger charge is 2.37. The van der Waals surface area contributed by atoms with Gasteiger partial charge in [0.1, 0.15) is 0 Å². The first-order valence-electron chi connectivity index (χ1n) is 13.5. The number of carbonyl (C=O) groups is 1. The van der Waals surface area contributed by atoms with E-state index in [4.69, 9.17) is 4.99 Å². The Kier molecular flexibility index (Phi) is 6.57. The lowest BCUT2D eigenvalue weighted by Gasteiger charge is -2.36. The molecule has 1 fully saturated rings. The Morgan fingerprint density at radius 1 is 1.15 bits per heavy atom. The maximum atomic E-state index is 13.4. The quantitative estimate of drug-likeness (QED) is 0.288. The molecular formula is C31H29F3N4O2. The van der Waals surface area contributed by atoms with Gasteiger partial charge in [0.2, 0.25) is 0 Å². The summed E-state index contributed by atoms with van der Waals surface area (Å²) < 4.78 is 41.3. The predicted molar refractivity (Wildman–Crippen MR) is 145 cm³/mol. The van der Waals surface area contributed by atoms with Gasteiger partial charge in [-0.3, -0.25) is 19.5 Å². The third-order valence-corrected chi connectivity index (χ3v) is 8.08. The Labute approximate surface area is 229 Å². The van der Waals surface area contributed by atoms with E-state index in [0.29, 0.717) is 42.3 Å². The minimum absolute atomic E-state index is 0.00793. The molecule has 3 heterocycles. The molecule has 2 atom stereocenters. The summed E-state index contributed by atoms with van der Waals surface area (Å²) in [6.45, 7) is 2.58. The molecule has 1 saturated carbocycles. The normalized spacial score (nSPS) is 20.9. The second-order valence-electron chi connectivity index (χ2n) is 11.1. The number of rotatable bonds is 6. The predicted octanol–water partition coefficient (Wildman–Crippen LogP) is 6.30. The number of halogens is 3. The van der Waals surface area contributed by atoms with Crippen molar-refractivity contribution in [2.45, 2.75) is 63.9 Å². The third-order valence-electron chi connectivity index (χ3n) is 8.08. The molecule has 2 aromatic heterocycles. The van der Waals surface area contributed by atoms with E-state index in [0.717, 1.165) is 53.1 Å². The Hall–Kier alpha value is -3.85. The number of hydrogen-bond acceptors (Lipinski definition) is 5. The number of alkyl halides is 3. The van der Waals surface area contributed by atoms with Crippen LogP contribution in [0.1, 0.15) is 70.4 Å². The van der Waals surface area contributed by atoms with E-state index < -0.39 is 17.3 Å². The summed E-state index contributed by atoms with van der Waals surface area (Å²) in [4.78, 5) is 22.3. The SMILES string of the molecule is Cc1cc(C2=NCc3ccc(C(=O)C[C@H]4CCC[C@](O)(Cn5ncc6ccc(C(F)(F)F)cc65)C4)cc32)ccn1. The summed E-state index contributed by atoms with van der Waals surface area (Å²) in [5.41, 5.74) is 3.81. The van der Waals surface area contributed by atoms with Gasteiger partial charge in [0.15, 0.2) is 5.78 Å². The molecule has 1 aliphatic carbocycles. The van der Waals surface area contributed by atoms with Gasteiger partial charge in [0.05, 0.1) is 41.7 Å². The molecule has 6 rings (SSSR count). The number of benzene rings is 2. The number of aliphatic hydroxyl groups is 1. The third kappa shape index (κ3) is 5.18. The van der Waals surface area contributed by atoms with Crippen LogP contribution in [0.3, 0.4) is 0 Å². The maximum absolute atomic E-state index is 13.4. The molecule has 0 spiro atoms. The summed E-state index contributed by atoms with van der Waals surface area (Å²) in [6, 6.07) is 13.1. The number of pyridine rings is 1. The zero-order valence-electron chi connectivity index (χ0n) is 22.1. The number of aryl methyl sites for hydroxylation is 1. The number of aromatic nitrogens is 3. The van der Waals surface area contributed by atoms with Crippen LogP contribution in [0.15, 0.2) is 65.9 Å². The fourth-order valence-corrected chi connectivity index (χ4v) is 6.11. The van der Waals surface area contributed by atoms with Crippen molar-refractivity contribution >= 4 is 22.4 Å². The van der Waals surface area contributed by atoms with E-state index in [9.17, 15) is 23.1 Å². The topological polar surface area (TPSA) is 80.4 Å². The summed E-state index contributed by atoms with van der Waals surface area (Å²) in [5.74, 6) is -0.0309. The van der Waals surface area contributed by atoms with Gasteiger partial charge < -0.3 is 5.11 Å². The first kappa shape index (κ1) is 26.4. The van der Waals surface area contributed by atoms with E-state index in [1.807, 2.05) is 37.3 Å². The summed E-state index contributed by atoms with van der Waals surface area (Å²) >= 11 is 0. The highest BCUT2D eigenvalue weighted by atomic mass is 19.4. The van der Waals surface area contributed by atoms with Gasteiger partial charge in [-0.2, -0.15) is 18.3 Å². The standard InChI is InChI=1S/C31H29F3N4O2/c1-19-11-22(8-10-35-19)29-26-13-21(4-5-23(26)16-36-29)28(39)12-20-3-2-9-30(40,15-20)18-38-27-14-25(31(32,33)34)7-6-24(27)17-37-38/h4-8,10-11,13-14,17,20,40H,2-3,9,12,15-16,18H2,1H3/t20-,30-/m1/s1. The van der Waals surface area contributed by atoms with Gasteiger partial charge in [-0.05, 0) is 68.0 Å².